The van der Waals surface area contributed by atoms with Crippen LogP contribution in [0.25, 0.3) is 11.3 Å². The summed E-state index contributed by atoms with van der Waals surface area (Å²) >= 11 is 0. The molecule has 4 aromatic rings. The molecule has 0 saturated carbocycles. The topological polar surface area (TPSA) is 119 Å². The van der Waals surface area contributed by atoms with Gasteiger partial charge in [-0.2, -0.15) is 4.98 Å². The van der Waals surface area contributed by atoms with Crippen LogP contribution in [-0.2, 0) is 10.0 Å². The van der Waals surface area contributed by atoms with Crippen molar-refractivity contribution in [1.29, 1.82) is 0 Å². The van der Waals surface area contributed by atoms with Crippen molar-refractivity contribution in [3.8, 4) is 22.9 Å². The molecule has 3 aromatic carbocycles. The Bertz CT molecular complexity index is 1570. The number of aromatic nitrogens is 2. The molecule has 1 fully saturated rings. The van der Waals surface area contributed by atoms with Crippen molar-refractivity contribution in [2.24, 2.45) is 0 Å². The van der Waals surface area contributed by atoms with E-state index in [1.54, 1.807) is 18.2 Å². The summed E-state index contributed by atoms with van der Waals surface area (Å²) in [6, 6.07) is 23.7. The highest BCUT2D eigenvalue weighted by atomic mass is 32.2. The van der Waals surface area contributed by atoms with Gasteiger partial charge in [0.1, 0.15) is 5.75 Å². The second-order valence-electron chi connectivity index (χ2n) is 10.1. The maximum atomic E-state index is 13.2. The van der Waals surface area contributed by atoms with Crippen LogP contribution in [0.15, 0.2) is 83.8 Å². The third kappa shape index (κ3) is 6.38. The number of sulfonamides is 1. The molecule has 0 bridgehead atoms. The normalized spacial score (nSPS) is 15.7. The highest BCUT2D eigenvalue weighted by Gasteiger charge is 2.20. The van der Waals surface area contributed by atoms with E-state index >= 15 is 0 Å². The van der Waals surface area contributed by atoms with E-state index in [2.05, 4.69) is 39.9 Å². The molecule has 1 saturated heterocycles. The van der Waals surface area contributed by atoms with Crippen molar-refractivity contribution < 1.29 is 13.2 Å². The molecule has 2 heterocycles. The first-order valence-electron chi connectivity index (χ1n) is 13.1. The molecule has 0 radical (unpaired) electrons. The molecule has 0 aliphatic carbocycles. The van der Waals surface area contributed by atoms with E-state index in [0.717, 1.165) is 37.1 Å². The second kappa shape index (κ2) is 11.4. The molecule has 8 nitrogen and oxygen atoms in total. The number of nitrogens with two attached hydrogens (primary N) is 1. The van der Waals surface area contributed by atoms with Gasteiger partial charge in [0.25, 0.3) is 10.0 Å². The van der Waals surface area contributed by atoms with E-state index in [0.29, 0.717) is 23.0 Å². The summed E-state index contributed by atoms with van der Waals surface area (Å²) in [5.74, 6) is 1.43. The minimum Gasteiger partial charge on any atom is -0.439 e. The van der Waals surface area contributed by atoms with E-state index in [1.807, 2.05) is 42.5 Å². The lowest BCUT2D eigenvalue weighted by Crippen LogP contribution is -2.28. The number of hydrogen-bond donors (Lipinski definition) is 3. The van der Waals surface area contributed by atoms with Gasteiger partial charge in [-0.05, 0) is 72.7 Å². The molecular weight excluding hydrogens is 510 g/mol. The van der Waals surface area contributed by atoms with E-state index in [-0.39, 0.29) is 22.6 Å². The largest absolute Gasteiger partial charge is 0.439 e. The Balaban J connectivity index is 1.53. The van der Waals surface area contributed by atoms with Crippen LogP contribution in [0.2, 0.25) is 0 Å². The summed E-state index contributed by atoms with van der Waals surface area (Å²) in [7, 11) is -3.99. The average molecular weight is 544 g/mol. The number of benzene rings is 3. The van der Waals surface area contributed by atoms with Crippen molar-refractivity contribution in [2.45, 2.75) is 43.4 Å². The third-order valence-corrected chi connectivity index (χ3v) is 8.13. The SMILES string of the molecule is CC(C)c1ccccc1-c1cc(Oc2cccc(C3CCCNC3)c2)nc(NS(=O)(=O)c2cccc(N)c2)n1. The van der Waals surface area contributed by atoms with Gasteiger partial charge in [0.15, 0.2) is 0 Å². The van der Waals surface area contributed by atoms with Gasteiger partial charge in [0.05, 0.1) is 10.6 Å². The molecule has 1 aromatic heterocycles. The predicted molar refractivity (Wildman–Crippen MR) is 155 cm³/mol. The Morgan fingerprint density at radius 1 is 1.00 bits per heavy atom. The van der Waals surface area contributed by atoms with E-state index in [9.17, 15) is 8.42 Å². The third-order valence-electron chi connectivity index (χ3n) is 6.80. The minimum absolute atomic E-state index is 0.0235. The Morgan fingerprint density at radius 3 is 2.59 bits per heavy atom. The van der Waals surface area contributed by atoms with Crippen molar-refractivity contribution in [3.05, 3.63) is 90.0 Å². The fourth-order valence-corrected chi connectivity index (χ4v) is 5.84. The van der Waals surface area contributed by atoms with E-state index < -0.39 is 10.0 Å². The molecule has 4 N–H and O–H groups in total. The number of piperidine rings is 1. The van der Waals surface area contributed by atoms with Crippen LogP contribution in [0, 0.1) is 0 Å². The fraction of sp³-hybridized carbons (Fsp3) is 0.267. The zero-order chi connectivity index (χ0) is 27.4. The van der Waals surface area contributed by atoms with Crippen LogP contribution in [0.4, 0.5) is 11.6 Å². The van der Waals surface area contributed by atoms with Crippen LogP contribution in [0.5, 0.6) is 11.6 Å². The first kappa shape index (κ1) is 26.6. The van der Waals surface area contributed by atoms with Crippen LogP contribution < -0.4 is 20.5 Å². The summed E-state index contributed by atoms with van der Waals surface area (Å²) in [4.78, 5) is 9.05. The van der Waals surface area contributed by atoms with Gasteiger partial charge in [-0.3, -0.25) is 0 Å². The number of nitrogens with zero attached hydrogens (tertiary/aromatic N) is 2. The molecule has 1 atom stereocenters. The smallest absolute Gasteiger partial charge is 0.264 e. The molecule has 0 spiro atoms. The Hall–Kier alpha value is -3.95. The van der Waals surface area contributed by atoms with Crippen molar-refractivity contribution in [2.75, 3.05) is 23.5 Å². The average Bonchev–Trinajstić information content (AvgIpc) is 2.93. The molecular formula is C30H33N5O3S. The standard InChI is InChI=1S/C30H33N5O3S/c1-20(2)26-13-3-4-14-27(26)28-18-29(38-24-11-5-8-21(16-24)22-9-7-15-32-19-22)34-30(33-28)35-39(36,37)25-12-6-10-23(31)17-25/h3-6,8,10-14,16-18,20,22,32H,7,9,15,19,31H2,1-2H3,(H,33,34,35). The number of nitrogen functional groups attached to an aromatic ring is 1. The maximum Gasteiger partial charge on any atom is 0.264 e. The molecule has 0 amide bonds. The summed E-state index contributed by atoms with van der Waals surface area (Å²) in [6.07, 6.45) is 2.26. The van der Waals surface area contributed by atoms with Crippen LogP contribution in [-0.4, -0.2) is 31.5 Å². The molecule has 1 unspecified atom stereocenters. The first-order chi connectivity index (χ1) is 18.8. The monoisotopic (exact) mass is 543 g/mol. The minimum atomic E-state index is -3.99. The number of hydrogen-bond acceptors (Lipinski definition) is 7. The second-order valence-corrected chi connectivity index (χ2v) is 11.7. The highest BCUT2D eigenvalue weighted by Crippen LogP contribution is 2.33. The van der Waals surface area contributed by atoms with Crippen LogP contribution >= 0.6 is 0 Å². The fourth-order valence-electron chi connectivity index (χ4n) is 4.84. The lowest BCUT2D eigenvalue weighted by atomic mass is 9.92. The van der Waals surface area contributed by atoms with Crippen molar-refractivity contribution in [1.82, 2.24) is 15.3 Å². The predicted octanol–water partition coefficient (Wildman–Crippen LogP) is 5.91. The van der Waals surface area contributed by atoms with Gasteiger partial charge >= 0.3 is 0 Å². The van der Waals surface area contributed by atoms with Crippen molar-refractivity contribution >= 4 is 21.7 Å². The number of ether oxygens (including phenoxy) is 1. The van der Waals surface area contributed by atoms with Gasteiger partial charge in [0.2, 0.25) is 11.8 Å². The first-order valence-corrected chi connectivity index (χ1v) is 14.6. The Kier molecular flexibility index (Phi) is 7.81. The van der Waals surface area contributed by atoms with Gasteiger partial charge < -0.3 is 15.8 Å². The molecule has 202 valence electrons. The number of nitrogens with one attached hydrogen (secondary N) is 2. The number of anilines is 2. The molecule has 1 aliphatic rings. The van der Waals surface area contributed by atoms with Gasteiger partial charge in [0, 0.05) is 23.9 Å². The van der Waals surface area contributed by atoms with Crippen LogP contribution in [0.3, 0.4) is 0 Å². The van der Waals surface area contributed by atoms with Gasteiger partial charge in [-0.15, -0.1) is 0 Å². The molecule has 5 rings (SSSR count). The summed E-state index contributed by atoms with van der Waals surface area (Å²) < 4.78 is 35.1. The van der Waals surface area contributed by atoms with Crippen molar-refractivity contribution in [3.63, 3.8) is 0 Å². The van der Waals surface area contributed by atoms with Gasteiger partial charge in [-0.25, -0.2) is 18.1 Å². The molecule has 1 aliphatic heterocycles. The Labute approximate surface area is 229 Å². The van der Waals surface area contributed by atoms with E-state index in [1.165, 1.54) is 17.7 Å². The zero-order valence-corrected chi connectivity index (χ0v) is 22.9. The zero-order valence-electron chi connectivity index (χ0n) is 22.1. The lowest BCUT2D eigenvalue weighted by molar-refractivity contribution is 0.449. The lowest BCUT2D eigenvalue weighted by Gasteiger charge is -2.23. The summed E-state index contributed by atoms with van der Waals surface area (Å²) in [5.41, 5.74) is 9.88. The number of rotatable bonds is 8. The summed E-state index contributed by atoms with van der Waals surface area (Å²) in [5, 5.41) is 3.45. The molecule has 39 heavy (non-hydrogen) atoms. The van der Waals surface area contributed by atoms with Gasteiger partial charge in [-0.1, -0.05) is 56.3 Å². The highest BCUT2D eigenvalue weighted by molar-refractivity contribution is 7.92. The van der Waals surface area contributed by atoms with Crippen LogP contribution in [0.1, 0.15) is 49.7 Å². The molecule has 9 heteroatoms. The maximum absolute atomic E-state index is 13.2. The van der Waals surface area contributed by atoms with E-state index in [4.69, 9.17) is 10.5 Å². The quantitative estimate of drug-likeness (QED) is 0.236. The summed E-state index contributed by atoms with van der Waals surface area (Å²) in [6.45, 7) is 6.19. The Morgan fingerprint density at radius 2 is 1.82 bits per heavy atom.